The van der Waals surface area contributed by atoms with Crippen LogP contribution in [-0.2, 0) is 11.0 Å². The van der Waals surface area contributed by atoms with Crippen molar-refractivity contribution in [1.82, 2.24) is 15.1 Å². The molecule has 2 atom stereocenters. The van der Waals surface area contributed by atoms with E-state index in [1.165, 1.54) is 35.2 Å². The number of alkyl halides is 3. The Balaban J connectivity index is 1.77. The van der Waals surface area contributed by atoms with Crippen LogP contribution in [0.15, 0.2) is 36.4 Å². The van der Waals surface area contributed by atoms with Gasteiger partial charge < -0.3 is 15.1 Å². The maximum atomic E-state index is 13.1. The molecule has 2 heterocycles. The van der Waals surface area contributed by atoms with Gasteiger partial charge in [-0.25, -0.2) is 0 Å². The number of carbonyl (C=O) groups excluding carboxylic acids is 1. The van der Waals surface area contributed by atoms with Gasteiger partial charge in [0.2, 0.25) is 0 Å². The van der Waals surface area contributed by atoms with E-state index in [-0.39, 0.29) is 30.0 Å². The van der Waals surface area contributed by atoms with Crippen LogP contribution in [0.5, 0.6) is 0 Å². The number of halogens is 3. The zero-order chi connectivity index (χ0) is 19.6. The number of aromatic nitrogens is 2. The first-order valence-corrected chi connectivity index (χ1v) is 7.93. The summed E-state index contributed by atoms with van der Waals surface area (Å²) in [7, 11) is 0. The lowest BCUT2D eigenvalue weighted by atomic mass is 10.0. The second-order valence-electron chi connectivity index (χ2n) is 5.94. The molecule has 1 saturated heterocycles. The molecule has 0 saturated carbocycles. The topological polar surface area (TPSA) is 86.6 Å². The van der Waals surface area contributed by atoms with E-state index >= 15 is 0 Å². The number of hydrogen-bond donors (Lipinski definition) is 2. The Hall–Kier alpha value is -2.96. The molecular formula is C18H14F3N3O3. The van der Waals surface area contributed by atoms with Gasteiger partial charge in [-0.2, -0.15) is 13.2 Å². The van der Waals surface area contributed by atoms with Gasteiger partial charge in [-0.05, 0) is 24.1 Å². The van der Waals surface area contributed by atoms with Gasteiger partial charge in [0, 0.05) is 11.5 Å². The highest BCUT2D eigenvalue weighted by Gasteiger charge is 2.34. The molecule has 0 bridgehead atoms. The Labute approximate surface area is 152 Å². The van der Waals surface area contributed by atoms with Crippen molar-refractivity contribution >= 4 is 5.91 Å². The Morgan fingerprint density at radius 3 is 2.33 bits per heavy atom. The summed E-state index contributed by atoms with van der Waals surface area (Å²) < 4.78 is 39.2. The monoisotopic (exact) mass is 377 g/mol. The van der Waals surface area contributed by atoms with Crippen LogP contribution in [0, 0.1) is 11.8 Å². The van der Waals surface area contributed by atoms with Crippen molar-refractivity contribution in [2.45, 2.75) is 18.4 Å². The Bertz CT molecular complexity index is 894. The molecular weight excluding hydrogens is 363 g/mol. The first kappa shape index (κ1) is 18.8. The second kappa shape index (κ2) is 7.34. The lowest BCUT2D eigenvalue weighted by Crippen LogP contribution is -2.28. The summed E-state index contributed by atoms with van der Waals surface area (Å²) in [5, 5.41) is 26.4. The number of amides is 1. The van der Waals surface area contributed by atoms with Gasteiger partial charge in [0.05, 0.1) is 36.6 Å². The summed E-state index contributed by atoms with van der Waals surface area (Å²) in [6, 6.07) is 7.72. The second-order valence-corrected chi connectivity index (χ2v) is 5.94. The van der Waals surface area contributed by atoms with Crippen molar-refractivity contribution in [2.75, 3.05) is 13.1 Å². The number of aliphatic hydroxyl groups is 2. The van der Waals surface area contributed by atoms with Gasteiger partial charge in [-0.15, -0.1) is 10.2 Å². The van der Waals surface area contributed by atoms with Crippen LogP contribution in [0.2, 0.25) is 0 Å². The van der Waals surface area contributed by atoms with E-state index in [0.29, 0.717) is 0 Å². The number of rotatable bonds is 1. The molecule has 3 rings (SSSR count). The summed E-state index contributed by atoms with van der Waals surface area (Å²) in [6.45, 7) is -0.0406. The third-order valence-corrected chi connectivity index (χ3v) is 4.02. The lowest BCUT2D eigenvalue weighted by molar-refractivity contribution is -0.137. The quantitative estimate of drug-likeness (QED) is 0.727. The smallest absolute Gasteiger partial charge is 0.388 e. The molecule has 0 unspecified atom stereocenters. The van der Waals surface area contributed by atoms with Crippen LogP contribution in [0.4, 0.5) is 13.2 Å². The zero-order valence-electron chi connectivity index (χ0n) is 13.8. The standard InChI is InChI=1S/C18H14F3N3O3/c19-18(20,21)13-4-2-1-3-12(13)14-7-5-11(22-23-14)6-8-17(27)24-9-15(25)16(26)10-24/h1-5,7,15-16,25-26H,9-10H2/t15-,16+. The maximum absolute atomic E-state index is 13.1. The van der Waals surface area contributed by atoms with Crippen molar-refractivity contribution in [2.24, 2.45) is 0 Å². The molecule has 0 aliphatic carbocycles. The maximum Gasteiger partial charge on any atom is 0.417 e. The number of benzene rings is 1. The summed E-state index contributed by atoms with van der Waals surface area (Å²) in [4.78, 5) is 13.1. The predicted octanol–water partition coefficient (Wildman–Crippen LogP) is 1.08. The normalized spacial score (nSPS) is 19.5. The van der Waals surface area contributed by atoms with Crippen LogP contribution in [0.1, 0.15) is 11.3 Å². The highest BCUT2D eigenvalue weighted by Crippen LogP contribution is 2.35. The van der Waals surface area contributed by atoms with Gasteiger partial charge in [-0.1, -0.05) is 18.2 Å². The minimum atomic E-state index is -4.52. The van der Waals surface area contributed by atoms with E-state index < -0.39 is 29.9 Å². The molecule has 2 N–H and O–H groups in total. The van der Waals surface area contributed by atoms with Crippen LogP contribution in [0.3, 0.4) is 0 Å². The van der Waals surface area contributed by atoms with Gasteiger partial charge in [0.1, 0.15) is 5.69 Å². The number of nitrogens with zero attached hydrogens (tertiary/aromatic N) is 3. The average Bonchev–Trinajstić information content (AvgIpc) is 2.98. The van der Waals surface area contributed by atoms with Crippen molar-refractivity contribution < 1.29 is 28.2 Å². The predicted molar refractivity (Wildman–Crippen MR) is 87.9 cm³/mol. The molecule has 6 nitrogen and oxygen atoms in total. The van der Waals surface area contributed by atoms with E-state index in [4.69, 9.17) is 0 Å². The van der Waals surface area contributed by atoms with Crippen LogP contribution < -0.4 is 0 Å². The fourth-order valence-electron chi connectivity index (χ4n) is 2.63. The molecule has 1 aliphatic heterocycles. The first-order chi connectivity index (χ1) is 12.8. The average molecular weight is 377 g/mol. The third kappa shape index (κ3) is 4.24. The Kier molecular flexibility index (Phi) is 5.12. The van der Waals surface area contributed by atoms with Crippen molar-refractivity contribution in [1.29, 1.82) is 0 Å². The third-order valence-electron chi connectivity index (χ3n) is 4.02. The SMILES string of the molecule is O=C(C#Cc1ccc(-c2ccccc2C(F)(F)F)nn1)N1C[C@@H](O)[C@@H](O)C1. The molecule has 0 spiro atoms. The largest absolute Gasteiger partial charge is 0.417 e. The summed E-state index contributed by atoms with van der Waals surface area (Å²) >= 11 is 0. The number of aliphatic hydroxyl groups excluding tert-OH is 2. The molecule has 2 aromatic rings. The number of likely N-dealkylation sites (tertiary alicyclic amines) is 1. The summed E-state index contributed by atoms with van der Waals surface area (Å²) in [5.41, 5.74) is -0.782. The van der Waals surface area contributed by atoms with E-state index in [9.17, 15) is 28.2 Å². The van der Waals surface area contributed by atoms with Crippen LogP contribution in [0.25, 0.3) is 11.3 Å². The van der Waals surface area contributed by atoms with Gasteiger partial charge >= 0.3 is 6.18 Å². The molecule has 1 amide bonds. The molecule has 1 aromatic heterocycles. The lowest BCUT2D eigenvalue weighted by Gasteiger charge is -2.11. The Morgan fingerprint density at radius 2 is 1.74 bits per heavy atom. The zero-order valence-corrected chi connectivity index (χ0v) is 13.8. The van der Waals surface area contributed by atoms with E-state index in [0.717, 1.165) is 6.07 Å². The summed E-state index contributed by atoms with van der Waals surface area (Å²) in [5.74, 6) is 4.19. The fourth-order valence-corrected chi connectivity index (χ4v) is 2.63. The van der Waals surface area contributed by atoms with E-state index in [1.807, 2.05) is 0 Å². The van der Waals surface area contributed by atoms with Gasteiger partial charge in [0.25, 0.3) is 5.91 Å². The highest BCUT2D eigenvalue weighted by atomic mass is 19.4. The number of β-amino-alcohol motifs (C(OH)–C–C–N with tert-alkyl or cyclic N) is 2. The molecule has 140 valence electrons. The van der Waals surface area contributed by atoms with Crippen molar-refractivity contribution in [3.8, 4) is 23.1 Å². The molecule has 27 heavy (non-hydrogen) atoms. The van der Waals surface area contributed by atoms with E-state index in [1.54, 1.807) is 0 Å². The fraction of sp³-hybridized carbons (Fsp3) is 0.278. The number of carbonyl (C=O) groups is 1. The molecule has 0 radical (unpaired) electrons. The summed E-state index contributed by atoms with van der Waals surface area (Å²) in [6.07, 6.45) is -6.54. The van der Waals surface area contributed by atoms with Crippen LogP contribution >= 0.6 is 0 Å². The van der Waals surface area contributed by atoms with Gasteiger partial charge in [-0.3, -0.25) is 4.79 Å². The molecule has 1 aliphatic rings. The minimum Gasteiger partial charge on any atom is -0.388 e. The van der Waals surface area contributed by atoms with E-state index in [2.05, 4.69) is 22.0 Å². The van der Waals surface area contributed by atoms with Gasteiger partial charge in [0.15, 0.2) is 0 Å². The van der Waals surface area contributed by atoms with Crippen LogP contribution in [-0.4, -0.2) is 56.5 Å². The Morgan fingerprint density at radius 1 is 1.07 bits per heavy atom. The highest BCUT2D eigenvalue weighted by molar-refractivity contribution is 5.94. The minimum absolute atomic E-state index is 0.0203. The molecule has 1 fully saturated rings. The molecule has 1 aromatic carbocycles. The number of hydrogen-bond acceptors (Lipinski definition) is 5. The molecule has 9 heteroatoms. The first-order valence-electron chi connectivity index (χ1n) is 7.93. The van der Waals surface area contributed by atoms with Crippen molar-refractivity contribution in [3.63, 3.8) is 0 Å². The van der Waals surface area contributed by atoms with Crippen molar-refractivity contribution in [3.05, 3.63) is 47.7 Å².